The van der Waals surface area contributed by atoms with E-state index in [0.29, 0.717) is 18.1 Å². The monoisotopic (exact) mass is 242 g/mol. The third-order valence-electron chi connectivity index (χ3n) is 4.79. The van der Waals surface area contributed by atoms with Crippen LogP contribution in [-0.4, -0.2) is 35.5 Å². The van der Waals surface area contributed by atoms with Gasteiger partial charge < -0.3 is 9.80 Å². The van der Waals surface area contributed by atoms with Gasteiger partial charge in [-0.15, -0.1) is 0 Å². The second-order valence-corrected chi connectivity index (χ2v) is 5.66. The summed E-state index contributed by atoms with van der Waals surface area (Å²) >= 11 is 0. The van der Waals surface area contributed by atoms with Gasteiger partial charge in [0.15, 0.2) is 0 Å². The number of carbonyl (C=O) groups excluding carboxylic acids is 1. The van der Waals surface area contributed by atoms with E-state index >= 15 is 0 Å². The zero-order valence-corrected chi connectivity index (χ0v) is 10.7. The SMILES string of the molecule is CCC1CC[C@H]2C3CN3c3ccccc3C(=O)N12. The third-order valence-corrected chi connectivity index (χ3v) is 4.79. The maximum Gasteiger partial charge on any atom is 0.256 e. The van der Waals surface area contributed by atoms with Crippen molar-refractivity contribution in [1.82, 2.24) is 4.90 Å². The number of nitrogens with zero attached hydrogens (tertiary/aromatic N) is 2. The van der Waals surface area contributed by atoms with Crippen molar-refractivity contribution in [3.05, 3.63) is 29.8 Å². The van der Waals surface area contributed by atoms with Gasteiger partial charge in [-0.05, 0) is 31.4 Å². The van der Waals surface area contributed by atoms with Gasteiger partial charge in [0.2, 0.25) is 0 Å². The second kappa shape index (κ2) is 3.50. The molecule has 2 fully saturated rings. The molecule has 18 heavy (non-hydrogen) atoms. The van der Waals surface area contributed by atoms with Crippen molar-refractivity contribution in [3.8, 4) is 0 Å². The van der Waals surface area contributed by atoms with E-state index < -0.39 is 0 Å². The van der Waals surface area contributed by atoms with Crippen molar-refractivity contribution in [2.75, 3.05) is 11.4 Å². The third kappa shape index (κ3) is 1.22. The molecule has 1 amide bonds. The van der Waals surface area contributed by atoms with Crippen LogP contribution in [0.15, 0.2) is 24.3 Å². The highest BCUT2D eigenvalue weighted by Crippen LogP contribution is 2.44. The van der Waals surface area contributed by atoms with E-state index in [-0.39, 0.29) is 5.91 Å². The minimum absolute atomic E-state index is 0.257. The fraction of sp³-hybridized carbons (Fsp3) is 0.533. The van der Waals surface area contributed by atoms with Crippen molar-refractivity contribution in [2.24, 2.45) is 0 Å². The second-order valence-electron chi connectivity index (χ2n) is 5.66. The number of hydrogen-bond donors (Lipinski definition) is 0. The highest BCUT2D eigenvalue weighted by Gasteiger charge is 2.52. The van der Waals surface area contributed by atoms with Crippen LogP contribution >= 0.6 is 0 Å². The van der Waals surface area contributed by atoms with Crippen LogP contribution in [0.3, 0.4) is 0 Å². The van der Waals surface area contributed by atoms with Gasteiger partial charge in [0, 0.05) is 18.3 Å². The minimum Gasteiger partial charge on any atom is -0.362 e. The molecule has 0 N–H and O–H groups in total. The van der Waals surface area contributed by atoms with Gasteiger partial charge in [0.1, 0.15) is 0 Å². The van der Waals surface area contributed by atoms with E-state index in [1.54, 1.807) is 0 Å². The molecular formula is C15H18N2O. The average Bonchev–Trinajstić information content (AvgIpc) is 3.10. The van der Waals surface area contributed by atoms with E-state index in [9.17, 15) is 4.79 Å². The van der Waals surface area contributed by atoms with Crippen molar-refractivity contribution in [3.63, 3.8) is 0 Å². The maximum atomic E-state index is 12.8. The van der Waals surface area contributed by atoms with Gasteiger partial charge in [-0.3, -0.25) is 4.79 Å². The molecule has 3 heteroatoms. The van der Waals surface area contributed by atoms with Gasteiger partial charge in [0.25, 0.3) is 5.91 Å². The maximum absolute atomic E-state index is 12.8. The Morgan fingerprint density at radius 3 is 2.89 bits per heavy atom. The smallest absolute Gasteiger partial charge is 0.256 e. The van der Waals surface area contributed by atoms with Crippen LogP contribution in [0.25, 0.3) is 0 Å². The molecule has 0 radical (unpaired) electrons. The van der Waals surface area contributed by atoms with Crippen molar-refractivity contribution >= 4 is 11.6 Å². The zero-order chi connectivity index (χ0) is 12.3. The van der Waals surface area contributed by atoms with Gasteiger partial charge in [-0.2, -0.15) is 0 Å². The van der Waals surface area contributed by atoms with Crippen LogP contribution in [0.2, 0.25) is 0 Å². The highest BCUT2D eigenvalue weighted by atomic mass is 16.2. The van der Waals surface area contributed by atoms with Crippen molar-refractivity contribution < 1.29 is 4.79 Å². The topological polar surface area (TPSA) is 23.3 Å². The number of benzene rings is 1. The van der Waals surface area contributed by atoms with E-state index in [0.717, 1.165) is 24.2 Å². The lowest BCUT2D eigenvalue weighted by Crippen LogP contribution is -2.42. The van der Waals surface area contributed by atoms with Crippen molar-refractivity contribution in [1.29, 1.82) is 0 Å². The molecule has 3 heterocycles. The predicted octanol–water partition coefficient (Wildman–Crippen LogP) is 2.27. The molecule has 0 aromatic heterocycles. The average molecular weight is 242 g/mol. The number of amides is 1. The van der Waals surface area contributed by atoms with E-state index in [2.05, 4.69) is 22.8 Å². The number of anilines is 1. The predicted molar refractivity (Wildman–Crippen MR) is 70.8 cm³/mol. The fourth-order valence-corrected chi connectivity index (χ4v) is 3.81. The molecule has 0 spiro atoms. The molecule has 1 aromatic carbocycles. The summed E-state index contributed by atoms with van der Waals surface area (Å²) in [5.74, 6) is 0.257. The van der Waals surface area contributed by atoms with E-state index in [4.69, 9.17) is 0 Å². The number of para-hydroxylation sites is 1. The van der Waals surface area contributed by atoms with Crippen molar-refractivity contribution in [2.45, 2.75) is 44.3 Å². The largest absolute Gasteiger partial charge is 0.362 e. The summed E-state index contributed by atoms with van der Waals surface area (Å²) in [5.41, 5.74) is 2.06. The molecule has 3 atom stereocenters. The molecular weight excluding hydrogens is 224 g/mol. The first kappa shape index (κ1) is 10.4. The van der Waals surface area contributed by atoms with Gasteiger partial charge in [-0.1, -0.05) is 19.1 Å². The number of carbonyl (C=O) groups is 1. The Morgan fingerprint density at radius 1 is 1.22 bits per heavy atom. The lowest BCUT2D eigenvalue weighted by molar-refractivity contribution is 0.0669. The lowest BCUT2D eigenvalue weighted by Gasteiger charge is -2.28. The summed E-state index contributed by atoms with van der Waals surface area (Å²) in [7, 11) is 0. The summed E-state index contributed by atoms with van der Waals surface area (Å²) in [4.78, 5) is 17.3. The zero-order valence-electron chi connectivity index (χ0n) is 10.7. The van der Waals surface area contributed by atoms with Gasteiger partial charge >= 0.3 is 0 Å². The summed E-state index contributed by atoms with van der Waals surface area (Å²) in [5, 5.41) is 0. The van der Waals surface area contributed by atoms with Gasteiger partial charge in [0.05, 0.1) is 17.6 Å². The molecule has 3 aliphatic rings. The molecule has 2 unspecified atom stereocenters. The number of fused-ring (bicyclic) bond motifs is 5. The standard InChI is InChI=1S/C15H18N2O/c1-2-10-7-8-13-14-9-16(14)12-6-4-3-5-11(12)15(18)17(10)13/h3-6,10,13-14H,2,7-9H2,1H3/t10?,13-,14?,16?/m0/s1. The highest BCUT2D eigenvalue weighted by molar-refractivity contribution is 6.02. The van der Waals surface area contributed by atoms with E-state index in [1.165, 1.54) is 12.8 Å². The normalized spacial score (nSPS) is 32.7. The molecule has 0 bridgehead atoms. The molecule has 0 saturated carbocycles. The number of hydrogen-bond acceptors (Lipinski definition) is 2. The van der Waals surface area contributed by atoms with Crippen LogP contribution in [-0.2, 0) is 0 Å². The Balaban J connectivity index is 1.83. The quantitative estimate of drug-likeness (QED) is 0.705. The Bertz CT molecular complexity index is 513. The van der Waals surface area contributed by atoms with Crippen LogP contribution < -0.4 is 4.90 Å². The molecule has 4 rings (SSSR count). The van der Waals surface area contributed by atoms with Crippen LogP contribution in [0, 0.1) is 0 Å². The molecule has 94 valence electrons. The van der Waals surface area contributed by atoms with Crippen LogP contribution in [0.5, 0.6) is 0 Å². The number of rotatable bonds is 1. The van der Waals surface area contributed by atoms with Crippen LogP contribution in [0.4, 0.5) is 5.69 Å². The molecule has 2 saturated heterocycles. The van der Waals surface area contributed by atoms with Gasteiger partial charge in [-0.25, -0.2) is 0 Å². The summed E-state index contributed by atoms with van der Waals surface area (Å²) in [6.45, 7) is 3.32. The fourth-order valence-electron chi connectivity index (χ4n) is 3.81. The molecule has 3 nitrogen and oxygen atoms in total. The summed E-state index contributed by atoms with van der Waals surface area (Å²) in [6.07, 6.45) is 3.44. The van der Waals surface area contributed by atoms with Crippen LogP contribution in [0.1, 0.15) is 36.5 Å². The first-order valence-electron chi connectivity index (χ1n) is 6.99. The molecule has 1 aromatic rings. The molecule has 3 aliphatic heterocycles. The minimum atomic E-state index is 0.257. The van der Waals surface area contributed by atoms with E-state index in [1.807, 2.05) is 18.2 Å². The first-order chi connectivity index (χ1) is 8.81. The Morgan fingerprint density at radius 2 is 2.06 bits per heavy atom. The summed E-state index contributed by atoms with van der Waals surface area (Å²) in [6, 6.07) is 9.58. The Hall–Kier alpha value is -1.51. The molecule has 0 aliphatic carbocycles. The first-order valence-corrected chi connectivity index (χ1v) is 6.99. The Labute approximate surface area is 107 Å². The summed E-state index contributed by atoms with van der Waals surface area (Å²) < 4.78 is 0. The Kier molecular flexibility index (Phi) is 2.02. The lowest BCUT2D eigenvalue weighted by atomic mass is 10.1.